The predicted molar refractivity (Wildman–Crippen MR) is 110 cm³/mol. The zero-order chi connectivity index (χ0) is 21.0. The third-order valence-corrected chi connectivity index (χ3v) is 7.04. The summed E-state index contributed by atoms with van der Waals surface area (Å²) in [6.07, 6.45) is 3.01. The van der Waals surface area contributed by atoms with Crippen LogP contribution < -0.4 is 5.43 Å². The Kier molecular flexibility index (Phi) is 6.51. The molecule has 1 N–H and O–H groups in total. The number of nitrogens with one attached hydrogen (secondary N) is 1. The molecule has 2 aromatic rings. The van der Waals surface area contributed by atoms with Crippen LogP contribution in [0.1, 0.15) is 34.7 Å². The molecule has 1 amide bonds. The van der Waals surface area contributed by atoms with Crippen LogP contribution in [0.4, 0.5) is 0 Å². The average molecular weight is 419 g/mol. The molecular weight excluding hydrogens is 392 g/mol. The molecule has 0 bridgehead atoms. The minimum absolute atomic E-state index is 0.0150. The van der Waals surface area contributed by atoms with Gasteiger partial charge in [0.1, 0.15) is 11.5 Å². The van der Waals surface area contributed by atoms with Crippen LogP contribution in [0.25, 0.3) is 0 Å². The van der Waals surface area contributed by atoms with E-state index in [0.717, 1.165) is 31.7 Å². The summed E-state index contributed by atoms with van der Waals surface area (Å²) < 4.78 is 32.6. The van der Waals surface area contributed by atoms with Crippen molar-refractivity contribution in [2.45, 2.75) is 30.7 Å². The number of carbonyl (C=O) groups is 1. The van der Waals surface area contributed by atoms with Crippen molar-refractivity contribution in [1.29, 1.82) is 0 Å². The van der Waals surface area contributed by atoms with Crippen LogP contribution in [-0.2, 0) is 10.0 Å². The van der Waals surface area contributed by atoms with Crippen molar-refractivity contribution in [1.82, 2.24) is 14.6 Å². The lowest BCUT2D eigenvalue weighted by Gasteiger charge is -2.34. The van der Waals surface area contributed by atoms with Crippen molar-refractivity contribution in [2.75, 3.05) is 27.2 Å². The third-order valence-electron chi connectivity index (χ3n) is 5.11. The molecule has 1 saturated heterocycles. The molecule has 8 nitrogen and oxygen atoms in total. The molecule has 1 aliphatic heterocycles. The van der Waals surface area contributed by atoms with Gasteiger partial charge in [-0.2, -0.15) is 9.41 Å². The summed E-state index contributed by atoms with van der Waals surface area (Å²) >= 11 is 0. The molecule has 2 heterocycles. The Balaban J connectivity index is 1.63. The van der Waals surface area contributed by atoms with Gasteiger partial charge in [0.15, 0.2) is 0 Å². The summed E-state index contributed by atoms with van der Waals surface area (Å²) in [5.74, 6) is 0.845. The van der Waals surface area contributed by atoms with Crippen molar-refractivity contribution in [3.63, 3.8) is 0 Å². The Labute approximate surface area is 171 Å². The number of carbonyl (C=O) groups excluding carboxylic acids is 1. The lowest BCUT2D eigenvalue weighted by atomic mass is 10.1. The maximum absolute atomic E-state index is 12.9. The fraction of sp³-hybridized carbons (Fsp3) is 0.400. The van der Waals surface area contributed by atoms with Crippen molar-refractivity contribution in [3.05, 3.63) is 53.5 Å². The van der Waals surface area contributed by atoms with Crippen LogP contribution in [-0.4, -0.2) is 63.0 Å². The van der Waals surface area contributed by atoms with Gasteiger partial charge < -0.3 is 9.32 Å². The van der Waals surface area contributed by atoms with Crippen molar-refractivity contribution < 1.29 is 17.6 Å². The highest BCUT2D eigenvalue weighted by Crippen LogP contribution is 2.22. The first kappa shape index (κ1) is 21.2. The lowest BCUT2D eigenvalue weighted by molar-refractivity contribution is 0.0955. The Morgan fingerprint density at radius 2 is 1.86 bits per heavy atom. The van der Waals surface area contributed by atoms with Gasteiger partial charge in [-0.3, -0.25) is 4.79 Å². The molecule has 1 aliphatic rings. The van der Waals surface area contributed by atoms with E-state index in [2.05, 4.69) is 15.4 Å². The first-order chi connectivity index (χ1) is 13.8. The van der Waals surface area contributed by atoms with E-state index >= 15 is 0 Å². The quantitative estimate of drug-likeness (QED) is 0.572. The van der Waals surface area contributed by atoms with Gasteiger partial charge >= 0.3 is 0 Å². The van der Waals surface area contributed by atoms with Crippen molar-refractivity contribution >= 4 is 22.1 Å². The van der Waals surface area contributed by atoms with E-state index < -0.39 is 15.9 Å². The highest BCUT2D eigenvalue weighted by molar-refractivity contribution is 7.89. The average Bonchev–Trinajstić information content (AvgIpc) is 3.13. The molecule has 3 rings (SSSR count). The van der Waals surface area contributed by atoms with Crippen LogP contribution in [0.3, 0.4) is 0 Å². The molecule has 1 aromatic carbocycles. The topological polar surface area (TPSA) is 95.2 Å². The van der Waals surface area contributed by atoms with Gasteiger partial charge in [-0.05, 0) is 76.3 Å². The normalized spacial score (nSPS) is 16.6. The molecule has 0 saturated carbocycles. The maximum Gasteiger partial charge on any atom is 0.271 e. The van der Waals surface area contributed by atoms with Crippen LogP contribution in [0, 0.1) is 6.92 Å². The number of sulfonamides is 1. The summed E-state index contributed by atoms with van der Waals surface area (Å²) in [6, 6.07) is 9.40. The van der Waals surface area contributed by atoms with E-state index in [0.29, 0.717) is 11.3 Å². The number of likely N-dealkylation sites (tertiary alicyclic amines) is 1. The number of piperidine rings is 1. The van der Waals surface area contributed by atoms with Gasteiger partial charge in [0, 0.05) is 18.7 Å². The number of rotatable bonds is 6. The van der Waals surface area contributed by atoms with Gasteiger partial charge in [0.25, 0.3) is 5.91 Å². The highest BCUT2D eigenvalue weighted by atomic mass is 32.2. The number of hydrazone groups is 1. The Hall–Kier alpha value is -2.49. The molecule has 29 heavy (non-hydrogen) atoms. The molecule has 1 aromatic heterocycles. The molecule has 9 heteroatoms. The molecule has 0 aliphatic carbocycles. The minimum atomic E-state index is -3.61. The number of furan rings is 1. The number of hydrogen-bond acceptors (Lipinski definition) is 6. The second kappa shape index (κ2) is 8.89. The first-order valence-electron chi connectivity index (χ1n) is 9.44. The fourth-order valence-corrected chi connectivity index (χ4v) is 4.66. The first-order valence-corrected chi connectivity index (χ1v) is 10.9. The molecule has 0 unspecified atom stereocenters. The lowest BCUT2D eigenvalue weighted by Crippen LogP contribution is -2.44. The van der Waals surface area contributed by atoms with E-state index in [9.17, 15) is 13.2 Å². The van der Waals surface area contributed by atoms with Crippen LogP contribution >= 0.6 is 0 Å². The summed E-state index contributed by atoms with van der Waals surface area (Å²) in [6.45, 7) is 3.57. The van der Waals surface area contributed by atoms with Gasteiger partial charge in [-0.1, -0.05) is 0 Å². The number of nitrogens with zero attached hydrogens (tertiary/aromatic N) is 3. The maximum atomic E-state index is 12.9. The van der Waals surface area contributed by atoms with E-state index in [4.69, 9.17) is 4.42 Å². The van der Waals surface area contributed by atoms with Crippen LogP contribution in [0.15, 0.2) is 50.8 Å². The van der Waals surface area contributed by atoms with Crippen molar-refractivity contribution in [3.8, 4) is 0 Å². The summed E-state index contributed by atoms with van der Waals surface area (Å²) in [5.41, 5.74) is 2.72. The SMILES string of the molecule is Cc1ccc(/C=N\NC(=O)c2ccc(S(=O)(=O)N(C)C3CCN(C)CC3)cc2)o1. The summed E-state index contributed by atoms with van der Waals surface area (Å²) in [5, 5.41) is 3.85. The summed E-state index contributed by atoms with van der Waals surface area (Å²) in [7, 11) is 0.0498. The Morgan fingerprint density at radius 3 is 2.45 bits per heavy atom. The molecule has 1 fully saturated rings. The van der Waals surface area contributed by atoms with Gasteiger partial charge in [-0.15, -0.1) is 0 Å². The van der Waals surface area contributed by atoms with Crippen molar-refractivity contribution in [2.24, 2.45) is 5.10 Å². The van der Waals surface area contributed by atoms with E-state index in [1.807, 2.05) is 14.0 Å². The van der Waals surface area contributed by atoms with Crippen LogP contribution in [0.5, 0.6) is 0 Å². The predicted octanol–water partition coefficient (Wildman–Crippen LogP) is 2.07. The zero-order valence-electron chi connectivity index (χ0n) is 16.8. The Bertz CT molecular complexity index is 974. The fourth-order valence-electron chi connectivity index (χ4n) is 3.24. The number of benzene rings is 1. The third kappa shape index (κ3) is 5.11. The van der Waals surface area contributed by atoms with Gasteiger partial charge in [0.05, 0.1) is 11.1 Å². The number of aryl methyl sites for hydroxylation is 1. The number of hydrogen-bond donors (Lipinski definition) is 1. The minimum Gasteiger partial charge on any atom is -0.460 e. The standard InChI is InChI=1S/C20H26N4O4S/c1-15-4-7-18(28-15)14-21-22-20(25)16-5-8-19(9-6-16)29(26,27)24(3)17-10-12-23(2)13-11-17/h4-9,14,17H,10-13H2,1-3H3,(H,22,25)/b21-14-. The molecule has 0 radical (unpaired) electrons. The van der Waals surface area contributed by atoms with Gasteiger partial charge in [0.2, 0.25) is 10.0 Å². The van der Waals surface area contributed by atoms with E-state index in [1.165, 1.54) is 34.8 Å². The van der Waals surface area contributed by atoms with Gasteiger partial charge in [-0.25, -0.2) is 13.8 Å². The largest absolute Gasteiger partial charge is 0.460 e. The smallest absolute Gasteiger partial charge is 0.271 e. The van der Waals surface area contributed by atoms with E-state index in [-0.39, 0.29) is 10.9 Å². The summed E-state index contributed by atoms with van der Waals surface area (Å²) in [4.78, 5) is 14.6. The number of amides is 1. The zero-order valence-corrected chi connectivity index (χ0v) is 17.6. The Morgan fingerprint density at radius 1 is 1.21 bits per heavy atom. The molecule has 156 valence electrons. The highest BCUT2D eigenvalue weighted by Gasteiger charge is 2.30. The van der Waals surface area contributed by atoms with Crippen LogP contribution in [0.2, 0.25) is 0 Å². The second-order valence-electron chi connectivity index (χ2n) is 7.23. The molecular formula is C20H26N4O4S. The molecule has 0 spiro atoms. The molecule has 0 atom stereocenters. The monoisotopic (exact) mass is 418 g/mol. The van der Waals surface area contributed by atoms with E-state index in [1.54, 1.807) is 19.2 Å². The second-order valence-corrected chi connectivity index (χ2v) is 9.23.